The van der Waals surface area contributed by atoms with Gasteiger partial charge in [-0.2, -0.15) is 0 Å². The van der Waals surface area contributed by atoms with E-state index in [9.17, 15) is 4.79 Å². The average molecular weight is 427 g/mol. The van der Waals surface area contributed by atoms with Crippen LogP contribution >= 0.6 is 27.3 Å². The van der Waals surface area contributed by atoms with E-state index >= 15 is 0 Å². The van der Waals surface area contributed by atoms with E-state index in [1.54, 1.807) is 11.3 Å². The number of guanidine groups is 1. The number of nitrogens with one attached hydrogen (secondary N) is 1. The van der Waals surface area contributed by atoms with Crippen molar-refractivity contribution < 1.29 is 9.53 Å². The third-order valence-electron chi connectivity index (χ3n) is 4.40. The summed E-state index contributed by atoms with van der Waals surface area (Å²) in [6.07, 6.45) is 0.368. The Morgan fingerprint density at radius 3 is 2.88 bits per heavy atom. The van der Waals surface area contributed by atoms with Gasteiger partial charge in [-0.1, -0.05) is 0 Å². The van der Waals surface area contributed by atoms with Gasteiger partial charge in [0.15, 0.2) is 0 Å². The summed E-state index contributed by atoms with van der Waals surface area (Å²) in [5.74, 6) is 1.67. The number of hydrogen-bond donors (Lipinski definition) is 1. The second-order valence-corrected chi connectivity index (χ2v) is 9.34. The minimum Gasteiger partial charge on any atom is -0.442 e. The maximum Gasteiger partial charge on any atom is 0.437 e. The molecule has 2 aliphatic heterocycles. The molecule has 1 saturated heterocycles. The molecule has 1 fully saturated rings. The summed E-state index contributed by atoms with van der Waals surface area (Å²) in [4.78, 5) is 24.1. The van der Waals surface area contributed by atoms with Crippen LogP contribution in [0.4, 0.5) is 4.79 Å². The first kappa shape index (κ1) is 18.4. The maximum atomic E-state index is 12.2. The normalized spacial score (nSPS) is 27.8. The van der Waals surface area contributed by atoms with Crippen LogP contribution in [0.2, 0.25) is 0 Å². The largest absolute Gasteiger partial charge is 0.442 e. The van der Waals surface area contributed by atoms with Gasteiger partial charge < -0.3 is 15.0 Å². The van der Waals surface area contributed by atoms with Crippen LogP contribution in [-0.2, 0) is 10.3 Å². The van der Waals surface area contributed by atoms with Crippen molar-refractivity contribution in [3.05, 3.63) is 20.8 Å². The van der Waals surface area contributed by atoms with Gasteiger partial charge in [0.2, 0.25) is 5.96 Å². The molecule has 1 amide bonds. The number of aliphatic imine (C=N–C) groups is 2. The SMILES string of the molecule is CN1C2=NCCC2[C@@](C)(c2cc(Br)cs2)N/C1=N\C(=O)OC(C)(C)C. The number of rotatable bonds is 1. The van der Waals surface area contributed by atoms with Crippen molar-refractivity contribution >= 4 is 45.2 Å². The minimum absolute atomic E-state index is 0.237. The van der Waals surface area contributed by atoms with Crippen LogP contribution in [0.3, 0.4) is 0 Å². The number of nitrogens with zero attached hydrogens (tertiary/aromatic N) is 3. The molecule has 1 aromatic rings. The van der Waals surface area contributed by atoms with E-state index < -0.39 is 11.7 Å². The van der Waals surface area contributed by atoms with Crippen molar-refractivity contribution in [1.29, 1.82) is 0 Å². The predicted octanol–water partition coefficient (Wildman–Crippen LogP) is 3.97. The number of amidine groups is 1. The zero-order chi connectivity index (χ0) is 18.4. The summed E-state index contributed by atoms with van der Waals surface area (Å²) in [6, 6.07) is 2.12. The second-order valence-electron chi connectivity index (χ2n) is 7.51. The molecule has 6 nitrogen and oxygen atoms in total. The molecule has 0 aromatic carbocycles. The molecule has 0 radical (unpaired) electrons. The molecular formula is C17H23BrN4O2S. The Morgan fingerprint density at radius 2 is 2.28 bits per heavy atom. The number of fused-ring (bicyclic) bond motifs is 1. The number of carbonyl (C=O) groups is 1. The van der Waals surface area contributed by atoms with Crippen LogP contribution in [0, 0.1) is 5.92 Å². The van der Waals surface area contributed by atoms with Gasteiger partial charge in [-0.05, 0) is 56.1 Å². The number of carbonyl (C=O) groups excluding carboxylic acids is 1. The van der Waals surface area contributed by atoms with Crippen molar-refractivity contribution in [3.63, 3.8) is 0 Å². The van der Waals surface area contributed by atoms with Gasteiger partial charge in [0.05, 0.1) is 5.54 Å². The monoisotopic (exact) mass is 426 g/mol. The highest BCUT2D eigenvalue weighted by Gasteiger charge is 2.48. The fraction of sp³-hybridized carbons (Fsp3) is 0.588. The molecule has 0 saturated carbocycles. The van der Waals surface area contributed by atoms with Crippen molar-refractivity contribution in [1.82, 2.24) is 10.2 Å². The lowest BCUT2D eigenvalue weighted by Crippen LogP contribution is -2.63. The Morgan fingerprint density at radius 1 is 1.56 bits per heavy atom. The van der Waals surface area contributed by atoms with Gasteiger partial charge in [-0.25, -0.2) is 4.79 Å². The van der Waals surface area contributed by atoms with E-state index in [1.165, 1.54) is 4.88 Å². The van der Waals surface area contributed by atoms with Crippen molar-refractivity contribution in [3.8, 4) is 0 Å². The first-order valence-electron chi connectivity index (χ1n) is 8.22. The first-order valence-corrected chi connectivity index (χ1v) is 9.90. The topological polar surface area (TPSA) is 66.3 Å². The predicted molar refractivity (Wildman–Crippen MR) is 104 cm³/mol. The Bertz CT molecular complexity index is 752. The van der Waals surface area contributed by atoms with Gasteiger partial charge >= 0.3 is 6.09 Å². The molecule has 0 bridgehead atoms. The molecule has 1 aromatic heterocycles. The Hall–Kier alpha value is -1.41. The highest BCUT2D eigenvalue weighted by molar-refractivity contribution is 9.10. The Balaban J connectivity index is 1.97. The zero-order valence-electron chi connectivity index (χ0n) is 15.1. The van der Waals surface area contributed by atoms with Crippen molar-refractivity contribution in [2.45, 2.75) is 45.3 Å². The van der Waals surface area contributed by atoms with Crippen LogP contribution in [0.5, 0.6) is 0 Å². The van der Waals surface area contributed by atoms with E-state index in [1.807, 2.05) is 32.7 Å². The van der Waals surface area contributed by atoms with E-state index in [0.717, 1.165) is 23.3 Å². The van der Waals surface area contributed by atoms with Crippen LogP contribution in [-0.4, -0.2) is 42.0 Å². The number of amides is 1. The lowest BCUT2D eigenvalue weighted by Gasteiger charge is -2.45. The maximum absolute atomic E-state index is 12.2. The summed E-state index contributed by atoms with van der Waals surface area (Å²) in [6.45, 7) is 8.41. The van der Waals surface area contributed by atoms with Crippen LogP contribution in [0.15, 0.2) is 25.9 Å². The summed E-state index contributed by atoms with van der Waals surface area (Å²) in [7, 11) is 1.89. The molecule has 0 spiro atoms. The molecule has 2 aliphatic rings. The molecule has 25 heavy (non-hydrogen) atoms. The summed E-state index contributed by atoms with van der Waals surface area (Å²) < 4.78 is 6.39. The van der Waals surface area contributed by atoms with Gasteiger partial charge in [0, 0.05) is 34.2 Å². The highest BCUT2D eigenvalue weighted by atomic mass is 79.9. The fourth-order valence-electron chi connectivity index (χ4n) is 3.24. The van der Waals surface area contributed by atoms with Gasteiger partial charge in [0.1, 0.15) is 11.4 Å². The van der Waals surface area contributed by atoms with E-state index in [0.29, 0.717) is 5.96 Å². The third kappa shape index (κ3) is 3.60. The van der Waals surface area contributed by atoms with Gasteiger partial charge in [-0.3, -0.25) is 4.99 Å². The van der Waals surface area contributed by atoms with Gasteiger partial charge in [0.25, 0.3) is 0 Å². The fourth-order valence-corrected chi connectivity index (χ4v) is 4.84. The second kappa shape index (κ2) is 6.39. The zero-order valence-corrected chi connectivity index (χ0v) is 17.5. The number of halogens is 1. The van der Waals surface area contributed by atoms with Crippen molar-refractivity contribution in [2.24, 2.45) is 15.9 Å². The molecule has 3 heterocycles. The first-order chi connectivity index (χ1) is 11.6. The molecule has 136 valence electrons. The van der Waals surface area contributed by atoms with Crippen molar-refractivity contribution in [2.75, 3.05) is 13.6 Å². The summed E-state index contributed by atoms with van der Waals surface area (Å²) in [5, 5.41) is 5.55. The molecule has 1 N–H and O–H groups in total. The minimum atomic E-state index is -0.603. The Kier molecular flexibility index (Phi) is 4.70. The molecule has 0 aliphatic carbocycles. The molecule has 1 unspecified atom stereocenters. The van der Waals surface area contributed by atoms with E-state index in [-0.39, 0.29) is 11.5 Å². The summed E-state index contributed by atoms with van der Waals surface area (Å²) in [5.41, 5.74) is -0.941. The highest BCUT2D eigenvalue weighted by Crippen LogP contribution is 2.42. The molecule has 8 heteroatoms. The number of ether oxygens (including phenoxy) is 1. The summed E-state index contributed by atoms with van der Waals surface area (Å²) >= 11 is 5.22. The van der Waals surface area contributed by atoms with Crippen LogP contribution in [0.1, 0.15) is 39.0 Å². The van der Waals surface area contributed by atoms with E-state index in [2.05, 4.69) is 49.6 Å². The van der Waals surface area contributed by atoms with Gasteiger partial charge in [-0.15, -0.1) is 16.3 Å². The Labute approximate surface area is 160 Å². The lowest BCUT2D eigenvalue weighted by molar-refractivity contribution is 0.0601. The van der Waals surface area contributed by atoms with Crippen LogP contribution < -0.4 is 5.32 Å². The standard InChI is InChI=1S/C17H23BrN4O2S/c1-16(2,3)24-15(23)20-14-21-17(4,12-8-10(18)9-25-12)11-6-7-19-13(11)22(14)5/h8-9,11H,6-7H2,1-5H3,(H,20,21,23)/t11?,17-/m0/s1. The molecule has 2 atom stereocenters. The number of thiophene rings is 1. The molecule has 3 rings (SSSR count). The smallest absolute Gasteiger partial charge is 0.437 e. The lowest BCUT2D eigenvalue weighted by atomic mass is 9.80. The average Bonchev–Trinajstić information content (AvgIpc) is 3.11. The quantitative estimate of drug-likeness (QED) is 0.737. The third-order valence-corrected chi connectivity index (χ3v) is 6.33. The van der Waals surface area contributed by atoms with E-state index in [4.69, 9.17) is 4.74 Å². The molecular weight excluding hydrogens is 404 g/mol. The number of hydrogen-bond acceptors (Lipinski definition) is 4. The van der Waals surface area contributed by atoms with Crippen LogP contribution in [0.25, 0.3) is 0 Å².